The van der Waals surface area contributed by atoms with Gasteiger partial charge < -0.3 is 5.73 Å². The summed E-state index contributed by atoms with van der Waals surface area (Å²) in [6.45, 7) is 0. The molecule has 25 heavy (non-hydrogen) atoms. The van der Waals surface area contributed by atoms with Gasteiger partial charge in [0.2, 0.25) is 0 Å². The molecule has 7 heteroatoms. The lowest BCUT2D eigenvalue weighted by atomic mass is 9.61. The Bertz CT molecular complexity index is 772. The molecule has 2 aliphatic carbocycles. The maximum Gasteiger partial charge on any atom is 0.262 e. The van der Waals surface area contributed by atoms with E-state index in [1.807, 2.05) is 0 Å². The van der Waals surface area contributed by atoms with Crippen LogP contribution >= 0.6 is 38.8 Å². The average Bonchev–Trinajstić information content (AvgIpc) is 2.97. The third-order valence-electron chi connectivity index (χ3n) is 6.41. The maximum absolute atomic E-state index is 13.4. The molecule has 1 aliphatic heterocycles. The molecule has 1 aromatic rings. The molecule has 1 unspecified atom stereocenters. The van der Waals surface area contributed by atoms with Crippen molar-refractivity contribution in [2.45, 2.75) is 43.7 Å². The Kier molecular flexibility index (Phi) is 4.20. The minimum absolute atomic E-state index is 0.0307. The van der Waals surface area contributed by atoms with Crippen LogP contribution in [-0.4, -0.2) is 40.0 Å². The second kappa shape index (κ2) is 5.92. The number of fused-ring (bicyclic) bond motifs is 3. The summed E-state index contributed by atoms with van der Waals surface area (Å²) >= 11 is 5.95. The van der Waals surface area contributed by atoms with Crippen LogP contribution in [-0.2, 0) is 16.8 Å². The number of rotatable bonds is 1. The third-order valence-corrected chi connectivity index (χ3v) is 7.69. The van der Waals surface area contributed by atoms with Crippen LogP contribution in [0.4, 0.5) is 0 Å². The first-order valence-corrected chi connectivity index (χ1v) is 10.4. The fourth-order valence-electron chi connectivity index (χ4n) is 5.03. The first kappa shape index (κ1) is 17.7. The maximum atomic E-state index is 13.4. The Labute approximate surface area is 170 Å². The molecule has 0 radical (unpaired) electrons. The fourth-order valence-corrected chi connectivity index (χ4v) is 5.95. The van der Waals surface area contributed by atoms with Crippen LogP contribution < -0.4 is 5.73 Å². The number of nitrogens with zero attached hydrogens (tertiary/aromatic N) is 3. The Balaban J connectivity index is 1.85. The van der Waals surface area contributed by atoms with Gasteiger partial charge in [0.15, 0.2) is 11.5 Å². The van der Waals surface area contributed by atoms with Gasteiger partial charge in [-0.15, -0.1) is 0 Å². The first-order chi connectivity index (χ1) is 11.8. The van der Waals surface area contributed by atoms with E-state index in [0.717, 1.165) is 42.1 Å². The number of hydrogen-bond donors (Lipinski definition) is 1. The summed E-state index contributed by atoms with van der Waals surface area (Å²) in [5.74, 6) is 0.369. The number of amides is 1. The van der Waals surface area contributed by atoms with Gasteiger partial charge in [0.25, 0.3) is 5.91 Å². The highest BCUT2D eigenvalue weighted by Crippen LogP contribution is 2.62. The van der Waals surface area contributed by atoms with Crippen molar-refractivity contribution in [3.05, 3.63) is 33.8 Å². The number of likely N-dealkylation sites (N-methyl/N-ethyl adjacent to an activating group) is 1. The zero-order valence-corrected chi connectivity index (χ0v) is 18.2. The number of nitrogens with two attached hydrogens (primary N) is 1. The quantitative estimate of drug-likeness (QED) is 0.460. The molecule has 2 N–H and O–H groups in total. The van der Waals surface area contributed by atoms with Gasteiger partial charge in [0.1, 0.15) is 0 Å². The van der Waals surface area contributed by atoms with E-state index in [0.29, 0.717) is 12.0 Å². The molecule has 1 atom stereocenters. The summed E-state index contributed by atoms with van der Waals surface area (Å²) in [7, 11) is 3.87. The van der Waals surface area contributed by atoms with Crippen LogP contribution in [0.15, 0.2) is 27.7 Å². The zero-order chi connectivity index (χ0) is 18.0. The summed E-state index contributed by atoms with van der Waals surface area (Å²) in [5, 5.41) is 0. The fraction of sp³-hybridized carbons (Fsp3) is 0.556. The topological polar surface area (TPSA) is 61.9 Å². The molecule has 1 fully saturated rings. The van der Waals surface area contributed by atoms with Gasteiger partial charge in [0.05, 0.1) is 0 Å². The second-order valence-corrected chi connectivity index (χ2v) is 10.00. The van der Waals surface area contributed by atoms with E-state index in [4.69, 9.17) is 10.7 Å². The summed E-state index contributed by atoms with van der Waals surface area (Å²) in [5.41, 5.74) is 7.39. The molecule has 2 spiro atoms. The van der Waals surface area contributed by atoms with Crippen molar-refractivity contribution >= 4 is 50.7 Å². The van der Waals surface area contributed by atoms with Crippen LogP contribution in [0.25, 0.3) is 0 Å². The van der Waals surface area contributed by atoms with E-state index in [1.54, 1.807) is 7.05 Å². The van der Waals surface area contributed by atoms with Crippen molar-refractivity contribution in [2.24, 2.45) is 16.1 Å². The second-order valence-electron chi connectivity index (χ2n) is 7.56. The van der Waals surface area contributed by atoms with Gasteiger partial charge in [-0.2, -0.15) is 0 Å². The molecular weight excluding hydrogens is 495 g/mol. The van der Waals surface area contributed by atoms with Gasteiger partial charge in [-0.25, -0.2) is 8.11 Å². The number of aliphatic imine (C=N–C) groups is 1. The molecule has 5 nitrogen and oxygen atoms in total. The molecule has 1 aromatic carbocycles. The third kappa shape index (κ3) is 2.34. The number of hydrogen-bond acceptors (Lipinski definition) is 4. The lowest BCUT2D eigenvalue weighted by Crippen LogP contribution is -2.51. The standard InChI is InChI=1S/C18H22BrIN4O/c1-23-15(25)18(22-16(23)21)14-9-12(19)4-3-11(14)10-17(18)7-5-13(6-8-17)24(2)20/h3-4,9,13H,5-8,10H2,1-2H3,(H2,21,22). The average molecular weight is 517 g/mol. The van der Waals surface area contributed by atoms with Gasteiger partial charge >= 0.3 is 0 Å². The smallest absolute Gasteiger partial charge is 0.262 e. The molecular formula is C18H22BrIN4O. The van der Waals surface area contributed by atoms with Crippen molar-refractivity contribution in [1.29, 1.82) is 0 Å². The largest absolute Gasteiger partial charge is 0.369 e. The van der Waals surface area contributed by atoms with E-state index < -0.39 is 5.54 Å². The van der Waals surface area contributed by atoms with E-state index in [1.165, 1.54) is 10.5 Å². The van der Waals surface area contributed by atoms with E-state index in [2.05, 4.69) is 67.2 Å². The number of carbonyl (C=O) groups is 1. The van der Waals surface area contributed by atoms with Crippen molar-refractivity contribution < 1.29 is 4.79 Å². The highest BCUT2D eigenvalue weighted by molar-refractivity contribution is 14.1. The van der Waals surface area contributed by atoms with E-state index in [-0.39, 0.29) is 11.3 Å². The van der Waals surface area contributed by atoms with Crippen molar-refractivity contribution in [1.82, 2.24) is 8.01 Å². The van der Waals surface area contributed by atoms with Gasteiger partial charge in [0, 0.05) is 45.8 Å². The van der Waals surface area contributed by atoms with E-state index in [9.17, 15) is 4.79 Å². The molecule has 0 aromatic heterocycles. The van der Waals surface area contributed by atoms with Crippen LogP contribution in [0.2, 0.25) is 0 Å². The van der Waals surface area contributed by atoms with Gasteiger partial charge in [-0.05, 0) is 62.4 Å². The Morgan fingerprint density at radius 1 is 1.40 bits per heavy atom. The molecule has 1 heterocycles. The van der Waals surface area contributed by atoms with Crippen LogP contribution in [0.1, 0.15) is 36.8 Å². The molecule has 0 bridgehead atoms. The Morgan fingerprint density at radius 3 is 2.64 bits per heavy atom. The highest BCUT2D eigenvalue weighted by Gasteiger charge is 2.66. The molecule has 1 amide bonds. The van der Waals surface area contributed by atoms with Crippen LogP contribution in [0.5, 0.6) is 0 Å². The van der Waals surface area contributed by atoms with Gasteiger partial charge in [-0.1, -0.05) is 22.0 Å². The summed E-state index contributed by atoms with van der Waals surface area (Å²) in [4.78, 5) is 19.8. The minimum atomic E-state index is -0.847. The number of benzene rings is 1. The predicted octanol–water partition coefficient (Wildman–Crippen LogP) is 3.20. The number of halogens is 2. The predicted molar refractivity (Wildman–Crippen MR) is 110 cm³/mol. The molecule has 4 rings (SSSR count). The lowest BCUT2D eigenvalue weighted by Gasteiger charge is -2.46. The SMILES string of the molecule is CN1C(=O)C2(N=C1N)c1cc(Br)ccc1CC21CCC(N(C)I)CC1. The molecule has 0 saturated heterocycles. The summed E-state index contributed by atoms with van der Waals surface area (Å²) in [6, 6.07) is 6.85. The zero-order valence-electron chi connectivity index (χ0n) is 14.4. The Morgan fingerprint density at radius 2 is 2.08 bits per heavy atom. The van der Waals surface area contributed by atoms with Crippen molar-refractivity contribution in [2.75, 3.05) is 14.1 Å². The highest BCUT2D eigenvalue weighted by atomic mass is 127. The minimum Gasteiger partial charge on any atom is -0.369 e. The molecule has 3 aliphatic rings. The molecule has 1 saturated carbocycles. The van der Waals surface area contributed by atoms with Gasteiger partial charge in [-0.3, -0.25) is 9.69 Å². The lowest BCUT2D eigenvalue weighted by molar-refractivity contribution is -0.136. The Hall–Kier alpha value is -0.670. The normalized spacial score (nSPS) is 34.3. The monoisotopic (exact) mass is 516 g/mol. The van der Waals surface area contributed by atoms with E-state index >= 15 is 0 Å². The molecule has 134 valence electrons. The van der Waals surface area contributed by atoms with Crippen LogP contribution in [0.3, 0.4) is 0 Å². The summed E-state index contributed by atoms with van der Waals surface area (Å²) < 4.78 is 3.26. The number of guanidine groups is 1. The number of carbonyl (C=O) groups excluding carboxylic acids is 1. The van der Waals surface area contributed by atoms with Crippen molar-refractivity contribution in [3.63, 3.8) is 0 Å². The van der Waals surface area contributed by atoms with Crippen LogP contribution in [0, 0.1) is 5.41 Å². The summed E-state index contributed by atoms with van der Waals surface area (Å²) in [6.07, 6.45) is 5.07. The van der Waals surface area contributed by atoms with Crippen molar-refractivity contribution in [3.8, 4) is 0 Å². The first-order valence-electron chi connectivity index (χ1n) is 8.62.